The number of nitrogens with zero attached hydrogens (tertiary/aromatic N) is 2. The summed E-state index contributed by atoms with van der Waals surface area (Å²) >= 11 is 0. The van der Waals surface area contributed by atoms with Crippen LogP contribution in [0.2, 0.25) is 0 Å². The summed E-state index contributed by atoms with van der Waals surface area (Å²) in [6, 6.07) is 45.0. The molecule has 57 heavy (non-hydrogen) atoms. The molecule has 0 fully saturated rings. The second-order valence-electron chi connectivity index (χ2n) is 13.0. The van der Waals surface area contributed by atoms with Crippen molar-refractivity contribution in [2.75, 3.05) is 28.4 Å². The molecule has 3 aromatic heterocycles. The van der Waals surface area contributed by atoms with Gasteiger partial charge in [-0.25, -0.2) is 9.97 Å². The van der Waals surface area contributed by atoms with Crippen molar-refractivity contribution in [2.45, 2.75) is 0 Å². The molecule has 0 amide bonds. The fraction of sp³-hybridized carbons (Fsp3) is 0.0833. The molecule has 9 rings (SSSR count). The molecule has 0 atom stereocenters. The van der Waals surface area contributed by atoms with Gasteiger partial charge in [0, 0.05) is 61.3 Å². The van der Waals surface area contributed by atoms with E-state index in [0.29, 0.717) is 0 Å². The van der Waals surface area contributed by atoms with E-state index in [1.807, 2.05) is 60.7 Å². The molecule has 0 aliphatic carbocycles. The Morgan fingerprint density at radius 1 is 0.421 bits per heavy atom. The van der Waals surface area contributed by atoms with Crippen LogP contribution in [0.15, 0.2) is 127 Å². The Labute approximate surface area is 341 Å². The first-order valence-corrected chi connectivity index (χ1v) is 18.1. The largest absolute Gasteiger partial charge is 0.522 e. The first-order chi connectivity index (χ1) is 27.5. The predicted octanol–water partition coefficient (Wildman–Crippen LogP) is 11.2. The van der Waals surface area contributed by atoms with Gasteiger partial charge in [-0.05, 0) is 108 Å². The van der Waals surface area contributed by atoms with Crippen LogP contribution < -0.4 is 18.9 Å². The molecular weight excluding hydrogens is 755 g/mol. The van der Waals surface area contributed by atoms with Gasteiger partial charge in [0.15, 0.2) is 0 Å². The van der Waals surface area contributed by atoms with Crippen molar-refractivity contribution in [3.63, 3.8) is 0 Å². The fourth-order valence-corrected chi connectivity index (χ4v) is 6.83. The quantitative estimate of drug-likeness (QED) is 0.156. The topological polar surface area (TPSA) is 94.3 Å². The van der Waals surface area contributed by atoms with Gasteiger partial charge < -0.3 is 28.9 Å². The number of nitrogens with one attached hydrogen (secondary N) is 2. The first kappa shape index (κ1) is 38.5. The molecule has 285 valence electrons. The Morgan fingerprint density at radius 2 is 0.807 bits per heavy atom. The third kappa shape index (κ3) is 8.25. The smallest absolute Gasteiger partial charge is 0.118 e. The molecule has 1 radical (unpaired) electrons. The molecule has 0 spiro atoms. The van der Waals surface area contributed by atoms with Crippen LogP contribution in [0.5, 0.6) is 23.0 Å². The number of rotatable bonds is 7. The van der Waals surface area contributed by atoms with Gasteiger partial charge in [0.1, 0.15) is 17.2 Å². The second-order valence-corrected chi connectivity index (χ2v) is 13.0. The van der Waals surface area contributed by atoms with Crippen molar-refractivity contribution in [1.82, 2.24) is 19.9 Å². The van der Waals surface area contributed by atoms with E-state index in [4.69, 9.17) is 28.9 Å². The minimum Gasteiger partial charge on any atom is -0.522 e. The van der Waals surface area contributed by atoms with Gasteiger partial charge in [0.25, 0.3) is 0 Å². The summed E-state index contributed by atoms with van der Waals surface area (Å²) in [5, 5.41) is 0. The second kappa shape index (κ2) is 17.3. The van der Waals surface area contributed by atoms with E-state index in [0.717, 1.165) is 101 Å². The molecule has 0 saturated heterocycles. The summed E-state index contributed by atoms with van der Waals surface area (Å²) in [5.41, 5.74) is 13.2. The number of aromatic nitrogens is 4. The van der Waals surface area contributed by atoms with E-state index >= 15 is 0 Å². The summed E-state index contributed by atoms with van der Waals surface area (Å²) in [6.45, 7) is 0. The molecule has 0 unspecified atom stereocenters. The van der Waals surface area contributed by atoms with Crippen molar-refractivity contribution in [3.05, 3.63) is 156 Å². The van der Waals surface area contributed by atoms with E-state index in [1.54, 1.807) is 28.4 Å². The molecule has 9 heteroatoms. The van der Waals surface area contributed by atoms with E-state index in [1.165, 1.54) is 0 Å². The van der Waals surface area contributed by atoms with Crippen molar-refractivity contribution < 1.29 is 35.7 Å². The number of H-pyrrole nitrogens is 2. The zero-order valence-corrected chi connectivity index (χ0v) is 32.8. The minimum atomic E-state index is 0. The summed E-state index contributed by atoms with van der Waals surface area (Å²) in [6.07, 6.45) is 8.30. The SMILES string of the molecule is COc1cc[c-]cc1.COc1ccc(-c2c3nc(c(-c4ccc(OC)cc4)c4ccc([nH]4)c(-c4ccc(OC)cc4)c4nc(cc5ccc2[nH]5)C=C4)C=C3)cc1.[Co]. The van der Waals surface area contributed by atoms with Crippen LogP contribution in [0, 0.1) is 6.07 Å². The van der Waals surface area contributed by atoms with Gasteiger partial charge in [-0.3, -0.25) is 0 Å². The molecular formula is C48H39CoN4O4-. The zero-order valence-electron chi connectivity index (χ0n) is 31.8. The monoisotopic (exact) mass is 794 g/mol. The van der Waals surface area contributed by atoms with Crippen molar-refractivity contribution in [1.29, 1.82) is 0 Å². The molecule has 4 aromatic carbocycles. The van der Waals surface area contributed by atoms with Crippen LogP contribution in [0.3, 0.4) is 0 Å². The molecule has 2 aliphatic heterocycles. The normalized spacial score (nSPS) is 11.2. The fourth-order valence-electron chi connectivity index (χ4n) is 6.83. The maximum atomic E-state index is 5.49. The minimum absolute atomic E-state index is 0. The number of ether oxygens (including phenoxy) is 4. The molecule has 2 aliphatic rings. The van der Waals surface area contributed by atoms with Gasteiger partial charge in [0.05, 0.1) is 51.2 Å². The molecule has 0 saturated carbocycles. The third-order valence-corrected chi connectivity index (χ3v) is 9.64. The van der Waals surface area contributed by atoms with Gasteiger partial charge in [-0.15, -0.1) is 12.1 Å². The summed E-state index contributed by atoms with van der Waals surface area (Å²) < 4.78 is 21.3. The Kier molecular flexibility index (Phi) is 11.7. The van der Waals surface area contributed by atoms with Crippen LogP contribution in [-0.4, -0.2) is 48.4 Å². The summed E-state index contributed by atoms with van der Waals surface area (Å²) in [5.74, 6) is 3.26. The van der Waals surface area contributed by atoms with Crippen LogP contribution in [0.1, 0.15) is 22.8 Å². The Morgan fingerprint density at radius 3 is 1.25 bits per heavy atom. The van der Waals surface area contributed by atoms with Gasteiger partial charge >= 0.3 is 0 Å². The van der Waals surface area contributed by atoms with Crippen LogP contribution in [0.4, 0.5) is 0 Å². The number of benzene rings is 4. The van der Waals surface area contributed by atoms with E-state index < -0.39 is 0 Å². The van der Waals surface area contributed by atoms with E-state index in [2.05, 4.69) is 107 Å². The third-order valence-electron chi connectivity index (χ3n) is 9.64. The van der Waals surface area contributed by atoms with Crippen molar-refractivity contribution >= 4 is 46.4 Å². The number of fused-ring (bicyclic) bond motifs is 8. The zero-order chi connectivity index (χ0) is 38.4. The summed E-state index contributed by atoms with van der Waals surface area (Å²) in [4.78, 5) is 17.8. The number of aromatic amines is 2. The Balaban J connectivity index is 0.000000494. The molecule has 8 bridgehead atoms. The van der Waals surface area contributed by atoms with Gasteiger partial charge in [0.2, 0.25) is 0 Å². The number of hydrogen-bond donors (Lipinski definition) is 2. The predicted molar refractivity (Wildman–Crippen MR) is 227 cm³/mol. The van der Waals surface area contributed by atoms with Crippen LogP contribution >= 0.6 is 0 Å². The standard InChI is InChI=1S/C41H32N4O3.C7H7O.Co/c1-46-30-12-4-25(5-13-30)39-33-18-10-28(42-33)24-29-11-19-34(43-29)40(26-6-14-31(47-2)15-7-26)36-21-23-38(45-36)41(37-22-20-35(39)44-37)27-8-16-32(48-3)17-9-27;1-8-7-5-3-2-4-6-7;/h4-24,42,45H,1-3H3;3-6H,1H3;/q;-1;. The average Bonchev–Trinajstić information content (AvgIpc) is 4.10. The maximum absolute atomic E-state index is 5.49. The maximum Gasteiger partial charge on any atom is 0.118 e. The summed E-state index contributed by atoms with van der Waals surface area (Å²) in [7, 11) is 6.68. The average molecular weight is 795 g/mol. The van der Waals surface area contributed by atoms with Gasteiger partial charge in [-0.1, -0.05) is 36.4 Å². The molecule has 5 heterocycles. The van der Waals surface area contributed by atoms with E-state index in [9.17, 15) is 0 Å². The Bertz CT molecular complexity index is 2670. The van der Waals surface area contributed by atoms with Crippen molar-refractivity contribution in [3.8, 4) is 56.4 Å². The first-order valence-electron chi connectivity index (χ1n) is 18.1. The number of methoxy groups -OCH3 is 4. The molecule has 2 N–H and O–H groups in total. The van der Waals surface area contributed by atoms with Gasteiger partial charge in [-0.2, -0.15) is 18.2 Å². The number of hydrogen-bond acceptors (Lipinski definition) is 6. The molecule has 7 aromatic rings. The van der Waals surface area contributed by atoms with Crippen molar-refractivity contribution in [2.24, 2.45) is 0 Å². The van der Waals surface area contributed by atoms with Crippen LogP contribution in [-0.2, 0) is 16.8 Å². The molecule has 8 nitrogen and oxygen atoms in total. The Hall–Kier alpha value is -6.81. The van der Waals surface area contributed by atoms with Crippen LogP contribution in [0.25, 0.3) is 79.8 Å². The van der Waals surface area contributed by atoms with E-state index in [-0.39, 0.29) is 16.8 Å².